The molecule has 196 valence electrons. The van der Waals surface area contributed by atoms with Crippen molar-refractivity contribution in [3.63, 3.8) is 0 Å². The molecule has 0 fully saturated rings. The maximum Gasteiger partial charge on any atom is 0.324 e. The predicted molar refractivity (Wildman–Crippen MR) is 158 cm³/mol. The van der Waals surface area contributed by atoms with Crippen LogP contribution in [0.15, 0.2) is 71.1 Å². The van der Waals surface area contributed by atoms with Crippen LogP contribution < -0.4 is 15.4 Å². The van der Waals surface area contributed by atoms with Gasteiger partial charge in [0.05, 0.1) is 22.8 Å². The fourth-order valence-corrected chi connectivity index (χ4v) is 5.13. The van der Waals surface area contributed by atoms with Crippen molar-refractivity contribution in [3.05, 3.63) is 78.0 Å². The highest BCUT2D eigenvalue weighted by atomic mass is 32.2. The molecule has 38 heavy (non-hydrogen) atoms. The zero-order chi connectivity index (χ0) is 26.9. The first kappa shape index (κ1) is 25.9. The average Bonchev–Trinajstić information content (AvgIpc) is 3.57. The van der Waals surface area contributed by atoms with Gasteiger partial charge in [-0.2, -0.15) is 5.10 Å². The summed E-state index contributed by atoms with van der Waals surface area (Å²) in [4.78, 5) is 13.2. The van der Waals surface area contributed by atoms with Crippen LogP contribution in [0.5, 0.6) is 5.75 Å². The van der Waals surface area contributed by atoms with Crippen molar-refractivity contribution >= 4 is 46.0 Å². The molecule has 1 aliphatic heterocycles. The van der Waals surface area contributed by atoms with E-state index >= 15 is 0 Å². The van der Waals surface area contributed by atoms with Crippen molar-refractivity contribution in [3.8, 4) is 11.4 Å². The Morgan fingerprint density at radius 3 is 2.45 bits per heavy atom. The minimum Gasteiger partial charge on any atom is -0.484 e. The van der Waals surface area contributed by atoms with Crippen LogP contribution in [-0.4, -0.2) is 33.4 Å². The van der Waals surface area contributed by atoms with Crippen molar-refractivity contribution in [1.29, 1.82) is 0 Å². The molecule has 5 rings (SSSR count). The van der Waals surface area contributed by atoms with Crippen molar-refractivity contribution in [1.82, 2.24) is 9.78 Å². The van der Waals surface area contributed by atoms with E-state index < -0.39 is 0 Å². The molecule has 2 N–H and O–H groups in total. The van der Waals surface area contributed by atoms with Crippen LogP contribution in [0.4, 0.5) is 16.3 Å². The number of hydrogen-bond acceptors (Lipinski definition) is 5. The molecule has 1 unspecified atom stereocenters. The van der Waals surface area contributed by atoms with E-state index in [0.29, 0.717) is 11.5 Å². The van der Waals surface area contributed by atoms with E-state index in [4.69, 9.17) is 9.84 Å². The van der Waals surface area contributed by atoms with E-state index in [9.17, 15) is 4.79 Å². The predicted octanol–water partition coefficient (Wildman–Crippen LogP) is 7.54. The van der Waals surface area contributed by atoms with Crippen LogP contribution in [0.25, 0.3) is 16.5 Å². The molecule has 0 aliphatic carbocycles. The average molecular weight is 528 g/mol. The lowest BCUT2D eigenvalue weighted by molar-refractivity contribution is 0.262. The molecule has 0 saturated carbocycles. The molecule has 3 aromatic carbocycles. The van der Waals surface area contributed by atoms with Gasteiger partial charge in [0, 0.05) is 34.4 Å². The fourth-order valence-electron chi connectivity index (χ4n) is 4.33. The molecule has 8 heteroatoms. The summed E-state index contributed by atoms with van der Waals surface area (Å²) in [6.07, 6.45) is 0.842. The normalized spacial score (nSPS) is 14.3. The standard InChI is InChI=1S/C30H33N5O2S/c1-19-10-12-21(13-11-19)35-28(18-27(33-35)30(3,4)5)32-29(36)31-25-14-15-26(23-9-7-6-8-22(23)25)37-20(2)24-16-17-38-34-24/h6-15,18,20H,16-17H2,1-5H3,(H2,31,32,36). The van der Waals surface area contributed by atoms with Crippen LogP contribution in [0.3, 0.4) is 0 Å². The van der Waals surface area contributed by atoms with Crippen LogP contribution in [0.1, 0.15) is 45.4 Å². The van der Waals surface area contributed by atoms with Crippen molar-refractivity contribution < 1.29 is 9.53 Å². The summed E-state index contributed by atoms with van der Waals surface area (Å²) in [7, 11) is 0. The Kier molecular flexibility index (Phi) is 7.17. The Balaban J connectivity index is 1.40. The lowest BCUT2D eigenvalue weighted by Crippen LogP contribution is -2.23. The molecule has 7 nitrogen and oxygen atoms in total. The van der Waals surface area contributed by atoms with E-state index in [0.717, 1.165) is 51.4 Å². The zero-order valence-electron chi connectivity index (χ0n) is 22.4. The van der Waals surface area contributed by atoms with Gasteiger partial charge in [-0.15, -0.1) is 0 Å². The number of aromatic nitrogens is 2. The molecule has 0 spiro atoms. The Morgan fingerprint density at radius 2 is 1.76 bits per heavy atom. The summed E-state index contributed by atoms with van der Waals surface area (Å²) in [5.41, 5.74) is 4.53. The summed E-state index contributed by atoms with van der Waals surface area (Å²) < 4.78 is 12.6. The number of nitrogens with zero attached hydrogens (tertiary/aromatic N) is 3. The molecule has 1 aliphatic rings. The molecule has 4 aromatic rings. The number of fused-ring (bicyclic) bond motifs is 1. The Morgan fingerprint density at radius 1 is 1.03 bits per heavy atom. The van der Waals surface area contributed by atoms with Crippen molar-refractivity contribution in [2.45, 2.75) is 52.6 Å². The van der Waals surface area contributed by atoms with E-state index in [1.807, 2.05) is 80.6 Å². The maximum atomic E-state index is 13.2. The fraction of sp³-hybridized carbons (Fsp3) is 0.300. The number of nitrogens with one attached hydrogen (secondary N) is 2. The van der Waals surface area contributed by atoms with Gasteiger partial charge in [0.2, 0.25) is 0 Å². The van der Waals surface area contributed by atoms with Gasteiger partial charge in [-0.05, 0) is 50.1 Å². The molecule has 0 radical (unpaired) electrons. The van der Waals surface area contributed by atoms with Crippen molar-refractivity contribution in [2.24, 2.45) is 4.40 Å². The highest BCUT2D eigenvalue weighted by Crippen LogP contribution is 2.33. The number of amides is 2. The second-order valence-corrected chi connectivity index (χ2v) is 11.4. The van der Waals surface area contributed by atoms with Gasteiger partial charge in [0.25, 0.3) is 0 Å². The van der Waals surface area contributed by atoms with E-state index in [-0.39, 0.29) is 17.6 Å². The Hall–Kier alpha value is -3.78. The second kappa shape index (κ2) is 10.5. The zero-order valence-corrected chi connectivity index (χ0v) is 23.2. The number of hydrogen-bond donors (Lipinski definition) is 2. The minimum absolute atomic E-state index is 0.102. The number of carbonyl (C=O) groups excluding carboxylic acids is 1. The number of anilines is 2. The first-order valence-corrected chi connectivity index (χ1v) is 13.8. The van der Waals surface area contributed by atoms with Crippen LogP contribution in [0.2, 0.25) is 0 Å². The first-order valence-electron chi connectivity index (χ1n) is 12.8. The summed E-state index contributed by atoms with van der Waals surface area (Å²) in [5.74, 6) is 2.37. The monoisotopic (exact) mass is 527 g/mol. The Labute approximate surface area is 227 Å². The lowest BCUT2D eigenvalue weighted by atomic mass is 9.92. The molecule has 0 bridgehead atoms. The summed E-state index contributed by atoms with van der Waals surface area (Å²) >= 11 is 1.58. The lowest BCUT2D eigenvalue weighted by Gasteiger charge is -2.18. The molecular weight excluding hydrogens is 494 g/mol. The number of aryl methyl sites for hydroxylation is 1. The second-order valence-electron chi connectivity index (χ2n) is 10.6. The summed E-state index contributed by atoms with van der Waals surface area (Å²) in [6, 6.07) is 21.4. The number of carbonyl (C=O) groups is 1. The highest BCUT2D eigenvalue weighted by molar-refractivity contribution is 7.98. The highest BCUT2D eigenvalue weighted by Gasteiger charge is 2.22. The third kappa shape index (κ3) is 5.55. The van der Waals surface area contributed by atoms with Gasteiger partial charge >= 0.3 is 6.03 Å². The van der Waals surface area contributed by atoms with Crippen LogP contribution in [0, 0.1) is 6.92 Å². The van der Waals surface area contributed by atoms with Crippen molar-refractivity contribution in [2.75, 3.05) is 16.4 Å². The smallest absolute Gasteiger partial charge is 0.324 e. The number of urea groups is 1. The van der Waals surface area contributed by atoms with Crippen LogP contribution >= 0.6 is 11.9 Å². The quantitative estimate of drug-likeness (QED) is 0.254. The Bertz CT molecular complexity index is 1500. The molecule has 1 aromatic heterocycles. The van der Waals surface area contributed by atoms with Gasteiger partial charge in [0.1, 0.15) is 17.7 Å². The minimum atomic E-state index is -0.344. The van der Waals surface area contributed by atoms with Gasteiger partial charge in [-0.1, -0.05) is 62.7 Å². The first-order chi connectivity index (χ1) is 18.2. The number of ether oxygens (including phenoxy) is 1. The molecule has 2 amide bonds. The van der Waals surface area contributed by atoms with E-state index in [2.05, 4.69) is 35.8 Å². The topological polar surface area (TPSA) is 80.5 Å². The molecule has 1 atom stereocenters. The SMILES string of the molecule is Cc1ccc(-n2nc(C(C)(C)C)cc2NC(=O)Nc2ccc(OC(C)C3=NSCC3)c3ccccc23)cc1. The number of rotatable bonds is 6. The third-order valence-electron chi connectivity index (χ3n) is 6.53. The maximum absolute atomic E-state index is 13.2. The third-order valence-corrected chi connectivity index (χ3v) is 7.28. The van der Waals surface area contributed by atoms with Gasteiger partial charge < -0.3 is 10.1 Å². The summed E-state index contributed by atoms with van der Waals surface area (Å²) in [6.45, 7) is 10.4. The van der Waals surface area contributed by atoms with Gasteiger partial charge in [-0.25, -0.2) is 13.9 Å². The van der Waals surface area contributed by atoms with Gasteiger partial charge in [-0.3, -0.25) is 5.32 Å². The number of benzene rings is 3. The summed E-state index contributed by atoms with van der Waals surface area (Å²) in [5, 5.41) is 12.7. The van der Waals surface area contributed by atoms with E-state index in [1.54, 1.807) is 16.6 Å². The molecule has 0 saturated heterocycles. The molecule has 2 heterocycles. The molecular formula is C30H33N5O2S. The van der Waals surface area contributed by atoms with E-state index in [1.165, 1.54) is 0 Å². The van der Waals surface area contributed by atoms with Gasteiger partial charge in [0.15, 0.2) is 0 Å². The largest absolute Gasteiger partial charge is 0.484 e. The van der Waals surface area contributed by atoms with Crippen LogP contribution in [-0.2, 0) is 5.41 Å².